The maximum absolute atomic E-state index is 12.4. The Balaban J connectivity index is 0. The zero-order chi connectivity index (χ0) is 20.1. The average molecular weight is 397 g/mol. The van der Waals surface area contributed by atoms with Gasteiger partial charge in [-0.1, -0.05) is 68.2 Å². The Hall–Kier alpha value is 0.576. The molecule has 2 unspecified atom stereocenters. The first-order chi connectivity index (χ1) is 11.1. The van der Waals surface area contributed by atoms with Crippen LogP contribution in [0.3, 0.4) is 0 Å². The van der Waals surface area contributed by atoms with Gasteiger partial charge in [0.2, 0.25) is 0 Å². The second kappa shape index (κ2) is 10.9. The van der Waals surface area contributed by atoms with Crippen LogP contribution in [0.25, 0.3) is 0 Å². The fraction of sp³-hybridized carbons (Fsp3) is 0.905. The third kappa shape index (κ3) is 8.30. The van der Waals surface area contributed by atoms with E-state index in [1.807, 2.05) is 55.4 Å². The van der Waals surface area contributed by atoms with E-state index in [-0.39, 0.29) is 68.6 Å². The first-order valence-corrected chi connectivity index (χ1v) is 9.55. The summed E-state index contributed by atoms with van der Waals surface area (Å²) in [6.45, 7) is 20.3. The van der Waals surface area contributed by atoms with Crippen molar-refractivity contribution in [3.8, 4) is 0 Å². The van der Waals surface area contributed by atoms with E-state index in [0.29, 0.717) is 0 Å². The van der Waals surface area contributed by atoms with Gasteiger partial charge in [0.05, 0.1) is 0 Å². The molecule has 0 saturated carbocycles. The van der Waals surface area contributed by atoms with E-state index in [1.54, 1.807) is 0 Å². The van der Waals surface area contributed by atoms with Crippen LogP contribution in [0.15, 0.2) is 0 Å². The van der Waals surface area contributed by atoms with Gasteiger partial charge in [0.1, 0.15) is 17.6 Å². The third-order valence-electron chi connectivity index (χ3n) is 5.59. The Morgan fingerprint density at radius 3 is 1.12 bits per heavy atom. The fourth-order valence-corrected chi connectivity index (χ4v) is 2.80. The van der Waals surface area contributed by atoms with Crippen LogP contribution in [0.1, 0.15) is 101 Å². The molecule has 0 aliphatic rings. The molecular formula is C21H41KO4. The molecule has 0 amide bonds. The van der Waals surface area contributed by atoms with Crippen LogP contribution in [0.2, 0.25) is 0 Å². The van der Waals surface area contributed by atoms with Gasteiger partial charge >= 0.3 is 63.3 Å². The van der Waals surface area contributed by atoms with Gasteiger partial charge in [0.25, 0.3) is 0 Å². The molecule has 0 fully saturated rings. The molecule has 2 atom stereocenters. The quantitative estimate of drug-likeness (QED) is 0.328. The maximum atomic E-state index is 12.4. The summed E-state index contributed by atoms with van der Waals surface area (Å²) in [7, 11) is 0. The molecular weight excluding hydrogens is 355 g/mol. The van der Waals surface area contributed by atoms with Crippen LogP contribution < -0.4 is 0 Å². The number of ether oxygens (including phenoxy) is 2. The van der Waals surface area contributed by atoms with E-state index in [4.69, 9.17) is 9.47 Å². The van der Waals surface area contributed by atoms with Crippen molar-refractivity contribution in [3.63, 3.8) is 0 Å². The molecule has 0 spiro atoms. The summed E-state index contributed by atoms with van der Waals surface area (Å²) in [5, 5.41) is 0. The van der Waals surface area contributed by atoms with E-state index in [9.17, 15) is 9.59 Å². The monoisotopic (exact) mass is 396 g/mol. The Kier molecular flexibility index (Phi) is 12.1. The van der Waals surface area contributed by atoms with Crippen LogP contribution in [-0.4, -0.2) is 74.5 Å². The summed E-state index contributed by atoms with van der Waals surface area (Å²) in [6.07, 6.45) is 2.98. The van der Waals surface area contributed by atoms with Crippen molar-refractivity contribution < 1.29 is 19.1 Å². The molecule has 5 heteroatoms. The molecule has 0 heterocycles. The number of hydrogen-bond acceptors (Lipinski definition) is 4. The number of carbonyl (C=O) groups is 2. The SMILES string of the molecule is CCCC(C)(OC(=O)CC(=O)OC(C)(CCC)C(C)(C)C)C(C)(C)C.[KH]. The van der Waals surface area contributed by atoms with Crippen molar-refractivity contribution in [2.45, 2.75) is 113 Å². The van der Waals surface area contributed by atoms with Gasteiger partial charge in [-0.25, -0.2) is 0 Å². The number of hydrogen-bond donors (Lipinski definition) is 0. The van der Waals surface area contributed by atoms with E-state index >= 15 is 0 Å². The fourth-order valence-electron chi connectivity index (χ4n) is 2.80. The molecule has 0 rings (SSSR count). The van der Waals surface area contributed by atoms with Gasteiger partial charge < -0.3 is 9.47 Å². The Bertz CT molecular complexity index is 420. The number of esters is 2. The zero-order valence-electron chi connectivity index (χ0n) is 18.2. The molecule has 0 radical (unpaired) electrons. The molecule has 0 aromatic rings. The molecule has 0 N–H and O–H groups in total. The van der Waals surface area contributed by atoms with Crippen molar-refractivity contribution in [1.82, 2.24) is 0 Å². The van der Waals surface area contributed by atoms with Crippen LogP contribution in [0.4, 0.5) is 0 Å². The molecule has 26 heavy (non-hydrogen) atoms. The van der Waals surface area contributed by atoms with Crippen LogP contribution in [0, 0.1) is 10.8 Å². The molecule has 0 aliphatic heterocycles. The summed E-state index contributed by atoms with van der Waals surface area (Å²) in [5.41, 5.74) is -1.61. The van der Waals surface area contributed by atoms with Crippen LogP contribution >= 0.6 is 0 Å². The normalized spacial score (nSPS) is 16.7. The van der Waals surface area contributed by atoms with Crippen molar-refractivity contribution in [3.05, 3.63) is 0 Å². The second-order valence-corrected chi connectivity index (χ2v) is 9.59. The van der Waals surface area contributed by atoms with E-state index in [0.717, 1.165) is 25.7 Å². The molecule has 0 aliphatic carbocycles. The average Bonchev–Trinajstić information content (AvgIpc) is 2.35. The van der Waals surface area contributed by atoms with Gasteiger partial charge in [-0.2, -0.15) is 0 Å². The van der Waals surface area contributed by atoms with E-state index in [2.05, 4.69) is 13.8 Å². The van der Waals surface area contributed by atoms with Crippen LogP contribution in [-0.2, 0) is 19.1 Å². The Morgan fingerprint density at radius 1 is 0.654 bits per heavy atom. The third-order valence-corrected chi connectivity index (χ3v) is 5.59. The van der Waals surface area contributed by atoms with Crippen molar-refractivity contribution in [2.75, 3.05) is 0 Å². The minimum atomic E-state index is -0.601. The summed E-state index contributed by atoms with van der Waals surface area (Å²) in [6, 6.07) is 0. The summed E-state index contributed by atoms with van der Waals surface area (Å²) in [4.78, 5) is 24.7. The standard InChI is InChI=1S/C21H40O4.K.H/c1-11-13-20(9,18(3,4)5)24-16(22)15-17(23)25-21(10,14-12-2)19(6,7)8;;/h11-15H2,1-10H3;;. The molecule has 0 bridgehead atoms. The zero-order valence-corrected chi connectivity index (χ0v) is 18.2. The predicted octanol–water partition coefficient (Wildman–Crippen LogP) is 5.02. The molecule has 0 aromatic heterocycles. The molecule has 150 valence electrons. The molecule has 0 aromatic carbocycles. The summed E-state index contributed by atoms with van der Waals surface area (Å²) in [5.74, 6) is -1.02. The van der Waals surface area contributed by atoms with Crippen LogP contribution in [0.5, 0.6) is 0 Å². The molecule has 4 nitrogen and oxygen atoms in total. The second-order valence-electron chi connectivity index (χ2n) is 9.59. The summed E-state index contributed by atoms with van der Waals surface area (Å²) < 4.78 is 11.5. The predicted molar refractivity (Wildman–Crippen MR) is 109 cm³/mol. The number of rotatable bonds is 8. The van der Waals surface area contributed by atoms with Gasteiger partial charge in [-0.3, -0.25) is 9.59 Å². The van der Waals surface area contributed by atoms with Gasteiger partial charge in [0, 0.05) is 10.8 Å². The topological polar surface area (TPSA) is 52.6 Å². The number of carbonyl (C=O) groups excluding carboxylic acids is 2. The van der Waals surface area contributed by atoms with E-state index < -0.39 is 23.1 Å². The van der Waals surface area contributed by atoms with Gasteiger partial charge in [-0.05, 0) is 26.7 Å². The Morgan fingerprint density at radius 2 is 0.923 bits per heavy atom. The van der Waals surface area contributed by atoms with Crippen molar-refractivity contribution in [2.24, 2.45) is 10.8 Å². The minimum absolute atomic E-state index is 0. The first-order valence-electron chi connectivity index (χ1n) is 9.55. The van der Waals surface area contributed by atoms with Gasteiger partial charge in [-0.15, -0.1) is 0 Å². The van der Waals surface area contributed by atoms with Gasteiger partial charge in [0.15, 0.2) is 0 Å². The van der Waals surface area contributed by atoms with Crippen molar-refractivity contribution in [1.29, 1.82) is 0 Å². The van der Waals surface area contributed by atoms with Crippen molar-refractivity contribution >= 4 is 63.3 Å². The van der Waals surface area contributed by atoms with E-state index in [1.165, 1.54) is 0 Å². The molecule has 0 saturated heterocycles. The first kappa shape index (κ1) is 28.8. The Labute approximate surface area is 204 Å². The summed E-state index contributed by atoms with van der Waals surface area (Å²) >= 11 is 0.